The molecule has 0 saturated carbocycles. The van der Waals surface area contributed by atoms with E-state index in [1.165, 1.54) is 18.1 Å². The predicted molar refractivity (Wildman–Crippen MR) is 82.3 cm³/mol. The number of aliphatic hydroxyl groups excluding tert-OH is 1. The van der Waals surface area contributed by atoms with Gasteiger partial charge in [-0.05, 0) is 17.2 Å². The standard InChI is InChI=1S/C17H20N2O3/c20-12-15-3-1-14(2-4-15)11-18-6-8-19(9-7-18)17(21)16-5-10-22-13-16/h1-5,10,13,20H,6-9,11-12H2. The summed E-state index contributed by atoms with van der Waals surface area (Å²) in [6.07, 6.45) is 3.02. The van der Waals surface area contributed by atoms with Crippen molar-refractivity contribution in [3.8, 4) is 0 Å². The lowest BCUT2D eigenvalue weighted by Crippen LogP contribution is -2.48. The lowest BCUT2D eigenvalue weighted by Gasteiger charge is -2.34. The fourth-order valence-corrected chi connectivity index (χ4v) is 2.69. The topological polar surface area (TPSA) is 56.9 Å². The van der Waals surface area contributed by atoms with Gasteiger partial charge in [0.1, 0.15) is 6.26 Å². The van der Waals surface area contributed by atoms with Crippen LogP contribution in [0.15, 0.2) is 47.3 Å². The molecule has 5 heteroatoms. The Morgan fingerprint density at radius 3 is 2.32 bits per heavy atom. The van der Waals surface area contributed by atoms with Gasteiger partial charge in [0.05, 0.1) is 18.4 Å². The molecule has 1 aliphatic rings. The molecule has 0 radical (unpaired) electrons. The van der Waals surface area contributed by atoms with Gasteiger partial charge in [-0.2, -0.15) is 0 Å². The quantitative estimate of drug-likeness (QED) is 0.934. The van der Waals surface area contributed by atoms with Crippen molar-refractivity contribution in [1.82, 2.24) is 9.80 Å². The zero-order chi connectivity index (χ0) is 15.4. The Balaban J connectivity index is 1.52. The van der Waals surface area contributed by atoms with Crippen LogP contribution in [-0.4, -0.2) is 47.0 Å². The molecule has 0 atom stereocenters. The van der Waals surface area contributed by atoms with Gasteiger partial charge < -0.3 is 14.4 Å². The fraction of sp³-hybridized carbons (Fsp3) is 0.353. The predicted octanol–water partition coefficient (Wildman–Crippen LogP) is 1.73. The first kappa shape index (κ1) is 14.8. The third kappa shape index (κ3) is 3.37. The van der Waals surface area contributed by atoms with Crippen LogP contribution in [0, 0.1) is 0 Å². The van der Waals surface area contributed by atoms with Crippen LogP contribution in [0.2, 0.25) is 0 Å². The second-order valence-electron chi connectivity index (χ2n) is 5.55. The SMILES string of the molecule is O=C(c1ccoc1)N1CCN(Cc2ccc(CO)cc2)CC1. The summed E-state index contributed by atoms with van der Waals surface area (Å²) in [6, 6.07) is 9.71. The second-order valence-corrected chi connectivity index (χ2v) is 5.55. The van der Waals surface area contributed by atoms with E-state index >= 15 is 0 Å². The smallest absolute Gasteiger partial charge is 0.257 e. The van der Waals surface area contributed by atoms with Crippen molar-refractivity contribution >= 4 is 5.91 Å². The molecule has 2 heterocycles. The Bertz CT molecular complexity index is 599. The highest BCUT2D eigenvalue weighted by Gasteiger charge is 2.22. The largest absolute Gasteiger partial charge is 0.472 e. The van der Waals surface area contributed by atoms with E-state index < -0.39 is 0 Å². The van der Waals surface area contributed by atoms with Crippen molar-refractivity contribution in [2.24, 2.45) is 0 Å². The van der Waals surface area contributed by atoms with Gasteiger partial charge in [-0.15, -0.1) is 0 Å². The van der Waals surface area contributed by atoms with Crippen LogP contribution in [0.3, 0.4) is 0 Å². The molecule has 0 bridgehead atoms. The minimum absolute atomic E-state index is 0.0423. The van der Waals surface area contributed by atoms with Gasteiger partial charge in [0, 0.05) is 32.7 Å². The molecular formula is C17H20N2O3. The zero-order valence-electron chi connectivity index (χ0n) is 12.4. The van der Waals surface area contributed by atoms with Gasteiger partial charge in [-0.3, -0.25) is 9.69 Å². The summed E-state index contributed by atoms with van der Waals surface area (Å²) < 4.78 is 4.97. The van der Waals surface area contributed by atoms with Gasteiger partial charge >= 0.3 is 0 Å². The van der Waals surface area contributed by atoms with E-state index in [9.17, 15) is 4.79 Å². The fourth-order valence-electron chi connectivity index (χ4n) is 2.69. The third-order valence-electron chi connectivity index (χ3n) is 4.04. The summed E-state index contributed by atoms with van der Waals surface area (Å²) in [5.41, 5.74) is 2.78. The van der Waals surface area contributed by atoms with Gasteiger partial charge in [-0.1, -0.05) is 24.3 Å². The maximum absolute atomic E-state index is 12.2. The van der Waals surface area contributed by atoms with Crippen molar-refractivity contribution < 1.29 is 14.3 Å². The summed E-state index contributed by atoms with van der Waals surface area (Å²) in [5, 5.41) is 9.05. The molecule has 1 aliphatic heterocycles. The van der Waals surface area contributed by atoms with E-state index in [1.54, 1.807) is 6.07 Å². The van der Waals surface area contributed by atoms with Crippen LogP contribution in [0.4, 0.5) is 0 Å². The maximum atomic E-state index is 12.2. The van der Waals surface area contributed by atoms with Crippen LogP contribution < -0.4 is 0 Å². The van der Waals surface area contributed by atoms with Crippen molar-refractivity contribution in [1.29, 1.82) is 0 Å². The third-order valence-corrected chi connectivity index (χ3v) is 4.04. The van der Waals surface area contributed by atoms with Crippen molar-refractivity contribution in [3.05, 3.63) is 59.5 Å². The van der Waals surface area contributed by atoms with Gasteiger partial charge in [-0.25, -0.2) is 0 Å². The van der Waals surface area contributed by atoms with E-state index in [0.29, 0.717) is 5.56 Å². The average Bonchev–Trinajstić information content (AvgIpc) is 3.10. The summed E-state index contributed by atoms with van der Waals surface area (Å²) in [7, 11) is 0. The van der Waals surface area contributed by atoms with Crippen LogP contribution >= 0.6 is 0 Å². The van der Waals surface area contributed by atoms with E-state index in [0.717, 1.165) is 38.3 Å². The van der Waals surface area contributed by atoms with Crippen LogP contribution in [-0.2, 0) is 13.2 Å². The number of furan rings is 1. The number of hydrogen-bond acceptors (Lipinski definition) is 4. The zero-order valence-corrected chi connectivity index (χ0v) is 12.4. The molecule has 0 unspecified atom stereocenters. The Kier molecular flexibility index (Phi) is 4.56. The highest BCUT2D eigenvalue weighted by Crippen LogP contribution is 2.12. The minimum Gasteiger partial charge on any atom is -0.472 e. The molecule has 2 aromatic rings. The number of aliphatic hydroxyl groups is 1. The number of hydrogen-bond donors (Lipinski definition) is 1. The molecule has 116 valence electrons. The van der Waals surface area contributed by atoms with E-state index in [1.807, 2.05) is 17.0 Å². The maximum Gasteiger partial charge on any atom is 0.257 e. The molecule has 22 heavy (non-hydrogen) atoms. The second kappa shape index (κ2) is 6.77. The lowest BCUT2D eigenvalue weighted by atomic mass is 10.1. The number of carbonyl (C=O) groups is 1. The molecule has 1 aromatic heterocycles. The van der Waals surface area contributed by atoms with Gasteiger partial charge in [0.25, 0.3) is 5.91 Å². The lowest BCUT2D eigenvalue weighted by molar-refractivity contribution is 0.0628. The molecule has 1 saturated heterocycles. The number of rotatable bonds is 4. The summed E-state index contributed by atoms with van der Waals surface area (Å²) >= 11 is 0. The number of benzene rings is 1. The molecule has 5 nitrogen and oxygen atoms in total. The monoisotopic (exact) mass is 300 g/mol. The molecule has 1 aromatic carbocycles. The Morgan fingerprint density at radius 1 is 1.05 bits per heavy atom. The van der Waals surface area contributed by atoms with Crippen LogP contribution in [0.25, 0.3) is 0 Å². The molecule has 1 fully saturated rings. The number of carbonyl (C=O) groups excluding carboxylic acids is 1. The molecule has 1 N–H and O–H groups in total. The number of piperazine rings is 1. The molecular weight excluding hydrogens is 280 g/mol. The summed E-state index contributed by atoms with van der Waals surface area (Å²) in [5.74, 6) is 0.0423. The molecule has 0 spiro atoms. The van der Waals surface area contributed by atoms with E-state index in [4.69, 9.17) is 9.52 Å². The first-order chi connectivity index (χ1) is 10.8. The first-order valence-corrected chi connectivity index (χ1v) is 7.49. The average molecular weight is 300 g/mol. The normalized spacial score (nSPS) is 16.0. The van der Waals surface area contributed by atoms with Crippen molar-refractivity contribution in [2.45, 2.75) is 13.2 Å². The molecule has 0 aliphatic carbocycles. The summed E-state index contributed by atoms with van der Waals surface area (Å²) in [6.45, 7) is 4.16. The minimum atomic E-state index is 0.0423. The van der Waals surface area contributed by atoms with Gasteiger partial charge in [0.2, 0.25) is 0 Å². The first-order valence-electron chi connectivity index (χ1n) is 7.49. The number of nitrogens with zero attached hydrogens (tertiary/aromatic N) is 2. The Labute approximate surface area is 129 Å². The molecule has 1 amide bonds. The number of amides is 1. The van der Waals surface area contributed by atoms with E-state index in [-0.39, 0.29) is 12.5 Å². The van der Waals surface area contributed by atoms with Crippen LogP contribution in [0.5, 0.6) is 0 Å². The van der Waals surface area contributed by atoms with Crippen molar-refractivity contribution in [3.63, 3.8) is 0 Å². The highest BCUT2D eigenvalue weighted by molar-refractivity contribution is 5.93. The highest BCUT2D eigenvalue weighted by atomic mass is 16.3. The van der Waals surface area contributed by atoms with Crippen molar-refractivity contribution in [2.75, 3.05) is 26.2 Å². The van der Waals surface area contributed by atoms with E-state index in [2.05, 4.69) is 17.0 Å². The summed E-state index contributed by atoms with van der Waals surface area (Å²) in [4.78, 5) is 16.4. The van der Waals surface area contributed by atoms with Gasteiger partial charge in [0.15, 0.2) is 0 Å². The Hall–Kier alpha value is -2.11. The van der Waals surface area contributed by atoms with Crippen LogP contribution in [0.1, 0.15) is 21.5 Å². The molecule has 3 rings (SSSR count). The Morgan fingerprint density at radius 2 is 1.73 bits per heavy atom.